The van der Waals surface area contributed by atoms with Crippen LogP contribution in [0.5, 0.6) is 0 Å². The van der Waals surface area contributed by atoms with Crippen molar-refractivity contribution in [1.29, 1.82) is 0 Å². The van der Waals surface area contributed by atoms with E-state index in [1.54, 1.807) is 0 Å². The normalized spacial score (nSPS) is 16.9. The molecule has 0 bridgehead atoms. The quantitative estimate of drug-likeness (QED) is 0.818. The Morgan fingerprint density at radius 1 is 1.33 bits per heavy atom. The lowest BCUT2D eigenvalue weighted by molar-refractivity contribution is 0.164. The zero-order chi connectivity index (χ0) is 15.5. The van der Waals surface area contributed by atoms with Gasteiger partial charge in [0.05, 0.1) is 0 Å². The Kier molecular flexibility index (Phi) is 5.73. The number of halogens is 3. The molecule has 1 saturated heterocycles. The molecule has 0 unspecified atom stereocenters. The predicted octanol–water partition coefficient (Wildman–Crippen LogP) is 2.21. The number of ether oxygens (including phenoxy) is 1. The maximum absolute atomic E-state index is 11.5. The molecule has 118 valence electrons. The van der Waals surface area contributed by atoms with E-state index in [0.29, 0.717) is 5.13 Å². The van der Waals surface area contributed by atoms with Crippen molar-refractivity contribution >= 4 is 62.5 Å². The number of carbonyl (C=O) groups is 1. The van der Waals surface area contributed by atoms with Crippen LogP contribution >= 0.6 is 46.1 Å². The molecule has 1 amide bonds. The number of anilines is 2. The lowest BCUT2D eigenvalue weighted by Gasteiger charge is -2.31. The molecule has 1 aromatic rings. The molecule has 0 saturated carbocycles. The molecule has 1 aromatic heterocycles. The summed E-state index contributed by atoms with van der Waals surface area (Å²) >= 11 is 17.7. The van der Waals surface area contributed by atoms with E-state index in [-0.39, 0.29) is 6.61 Å². The maximum atomic E-state index is 11.5. The number of hydrogen-bond acceptors (Lipinski definition) is 7. The first-order valence-electron chi connectivity index (χ1n) is 6.11. The monoisotopic (exact) mass is 373 g/mol. The highest BCUT2D eigenvalue weighted by Crippen LogP contribution is 2.27. The Morgan fingerprint density at radius 2 is 2.00 bits per heavy atom. The molecule has 0 aliphatic carbocycles. The van der Waals surface area contributed by atoms with Crippen molar-refractivity contribution in [2.24, 2.45) is 0 Å². The van der Waals surface area contributed by atoms with Crippen LogP contribution in [-0.2, 0) is 4.74 Å². The van der Waals surface area contributed by atoms with Crippen molar-refractivity contribution in [3.05, 3.63) is 0 Å². The molecule has 21 heavy (non-hydrogen) atoms. The fourth-order valence-electron chi connectivity index (χ4n) is 1.66. The standard InChI is InChI=1S/C10H14Cl3N5O2S/c1-17-2-4-18(5-3-17)8-16-15-7(21-8)14-9(19)20-6-10(11,12)13/h2-6H2,1H3,(H,14,15,19). The lowest BCUT2D eigenvalue weighted by Crippen LogP contribution is -2.44. The van der Waals surface area contributed by atoms with Crippen LogP contribution in [0.3, 0.4) is 0 Å². The van der Waals surface area contributed by atoms with Gasteiger partial charge in [-0.1, -0.05) is 46.1 Å². The third kappa shape index (κ3) is 5.63. The summed E-state index contributed by atoms with van der Waals surface area (Å²) < 4.78 is 3.12. The first-order valence-corrected chi connectivity index (χ1v) is 8.06. The Labute approximate surface area is 141 Å². The summed E-state index contributed by atoms with van der Waals surface area (Å²) in [7, 11) is 2.07. The largest absolute Gasteiger partial charge is 0.445 e. The second-order valence-electron chi connectivity index (χ2n) is 4.50. The Bertz CT molecular complexity index is 487. The molecular weight excluding hydrogens is 361 g/mol. The SMILES string of the molecule is CN1CCN(c2nnc(NC(=O)OCC(Cl)(Cl)Cl)s2)CC1. The molecule has 0 radical (unpaired) electrons. The number of rotatable bonds is 3. The number of likely N-dealkylation sites (N-methyl/N-ethyl adjacent to an activating group) is 1. The fourth-order valence-corrected chi connectivity index (χ4v) is 2.61. The summed E-state index contributed by atoms with van der Waals surface area (Å²) in [6.07, 6.45) is -0.734. The molecule has 1 fully saturated rings. The summed E-state index contributed by atoms with van der Waals surface area (Å²) in [5, 5.41) is 11.5. The summed E-state index contributed by atoms with van der Waals surface area (Å²) in [6, 6.07) is 0. The summed E-state index contributed by atoms with van der Waals surface area (Å²) in [5.74, 6) is 0. The predicted molar refractivity (Wildman–Crippen MR) is 84.9 cm³/mol. The van der Waals surface area contributed by atoms with Crippen molar-refractivity contribution in [2.75, 3.05) is 50.1 Å². The van der Waals surface area contributed by atoms with Gasteiger partial charge in [-0.3, -0.25) is 5.32 Å². The molecule has 0 atom stereocenters. The first-order chi connectivity index (χ1) is 9.83. The highest BCUT2D eigenvalue weighted by Gasteiger charge is 2.23. The van der Waals surface area contributed by atoms with Gasteiger partial charge in [0.1, 0.15) is 6.61 Å². The topological polar surface area (TPSA) is 70.6 Å². The average Bonchev–Trinajstić information content (AvgIpc) is 2.85. The van der Waals surface area contributed by atoms with Crippen molar-refractivity contribution < 1.29 is 9.53 Å². The number of nitrogens with one attached hydrogen (secondary N) is 1. The number of nitrogens with zero attached hydrogens (tertiary/aromatic N) is 4. The molecule has 1 N–H and O–H groups in total. The number of alkyl halides is 3. The van der Waals surface area contributed by atoms with E-state index in [0.717, 1.165) is 31.3 Å². The van der Waals surface area contributed by atoms with Crippen LogP contribution in [0, 0.1) is 0 Å². The van der Waals surface area contributed by atoms with Gasteiger partial charge in [0.25, 0.3) is 0 Å². The fraction of sp³-hybridized carbons (Fsp3) is 0.700. The average molecular weight is 375 g/mol. The lowest BCUT2D eigenvalue weighted by atomic mass is 10.3. The molecule has 11 heteroatoms. The van der Waals surface area contributed by atoms with E-state index in [2.05, 4.69) is 32.4 Å². The van der Waals surface area contributed by atoms with E-state index in [4.69, 9.17) is 39.5 Å². The van der Waals surface area contributed by atoms with E-state index in [1.165, 1.54) is 11.3 Å². The van der Waals surface area contributed by atoms with Gasteiger partial charge < -0.3 is 14.5 Å². The molecule has 7 nitrogen and oxygen atoms in total. The van der Waals surface area contributed by atoms with E-state index in [9.17, 15) is 4.79 Å². The van der Waals surface area contributed by atoms with Crippen LogP contribution in [-0.4, -0.2) is 64.8 Å². The minimum Gasteiger partial charge on any atom is -0.445 e. The zero-order valence-corrected chi connectivity index (χ0v) is 14.3. The van der Waals surface area contributed by atoms with Crippen LogP contribution in [0.2, 0.25) is 0 Å². The van der Waals surface area contributed by atoms with E-state index < -0.39 is 9.89 Å². The molecule has 0 spiro atoms. The Hall–Kier alpha value is -0.540. The van der Waals surface area contributed by atoms with E-state index >= 15 is 0 Å². The first kappa shape index (κ1) is 16.8. The molecule has 1 aliphatic heterocycles. The summed E-state index contributed by atoms with van der Waals surface area (Å²) in [5.41, 5.74) is 0. The molecule has 2 heterocycles. The van der Waals surface area contributed by atoms with Crippen molar-refractivity contribution in [3.8, 4) is 0 Å². The zero-order valence-electron chi connectivity index (χ0n) is 11.2. The second-order valence-corrected chi connectivity index (χ2v) is 7.97. The Morgan fingerprint density at radius 3 is 2.62 bits per heavy atom. The van der Waals surface area contributed by atoms with Gasteiger partial charge in [-0.25, -0.2) is 4.79 Å². The van der Waals surface area contributed by atoms with Gasteiger partial charge in [0, 0.05) is 26.2 Å². The highest BCUT2D eigenvalue weighted by atomic mass is 35.6. The summed E-state index contributed by atoms with van der Waals surface area (Å²) in [4.78, 5) is 15.9. The molecular formula is C10H14Cl3N5O2S. The molecule has 0 aromatic carbocycles. The van der Waals surface area contributed by atoms with Gasteiger partial charge >= 0.3 is 6.09 Å². The number of piperazine rings is 1. The number of aromatic nitrogens is 2. The van der Waals surface area contributed by atoms with Gasteiger partial charge in [-0.05, 0) is 7.05 Å². The van der Waals surface area contributed by atoms with Crippen LogP contribution < -0.4 is 10.2 Å². The van der Waals surface area contributed by atoms with Crippen LogP contribution in [0.25, 0.3) is 0 Å². The number of carbonyl (C=O) groups excluding carboxylic acids is 1. The van der Waals surface area contributed by atoms with Crippen LogP contribution in [0.4, 0.5) is 15.1 Å². The van der Waals surface area contributed by atoms with Gasteiger partial charge in [-0.2, -0.15) is 0 Å². The third-order valence-electron chi connectivity index (χ3n) is 2.76. The minimum atomic E-state index is -1.64. The van der Waals surface area contributed by atoms with Gasteiger partial charge in [0.15, 0.2) is 0 Å². The van der Waals surface area contributed by atoms with Crippen LogP contribution in [0.1, 0.15) is 0 Å². The second kappa shape index (κ2) is 7.15. The minimum absolute atomic E-state index is 0.340. The van der Waals surface area contributed by atoms with Crippen molar-refractivity contribution in [3.63, 3.8) is 0 Å². The number of hydrogen-bond donors (Lipinski definition) is 1. The summed E-state index contributed by atoms with van der Waals surface area (Å²) in [6.45, 7) is 3.35. The molecule has 2 rings (SSSR count). The highest BCUT2D eigenvalue weighted by molar-refractivity contribution is 7.19. The maximum Gasteiger partial charge on any atom is 0.413 e. The van der Waals surface area contributed by atoms with Gasteiger partial charge in [0.2, 0.25) is 14.1 Å². The third-order valence-corrected chi connectivity index (χ3v) is 3.99. The van der Waals surface area contributed by atoms with Crippen molar-refractivity contribution in [1.82, 2.24) is 15.1 Å². The van der Waals surface area contributed by atoms with Crippen molar-refractivity contribution in [2.45, 2.75) is 3.79 Å². The Balaban J connectivity index is 1.84. The number of amides is 1. The van der Waals surface area contributed by atoms with Gasteiger partial charge in [-0.15, -0.1) is 10.2 Å². The van der Waals surface area contributed by atoms with E-state index in [1.807, 2.05) is 0 Å². The molecule has 1 aliphatic rings. The van der Waals surface area contributed by atoms with Crippen LogP contribution in [0.15, 0.2) is 0 Å². The smallest absolute Gasteiger partial charge is 0.413 e.